The van der Waals surface area contributed by atoms with Gasteiger partial charge in [-0.25, -0.2) is 0 Å². The van der Waals surface area contributed by atoms with Crippen LogP contribution in [-0.4, -0.2) is 25.3 Å². The maximum absolute atomic E-state index is 10.4. The first-order chi connectivity index (χ1) is 7.53. The fraction of sp³-hybridized carbons (Fsp3) is 0.273. The molecule has 5 heteroatoms. The zero-order chi connectivity index (χ0) is 12.0. The molecule has 1 aromatic rings. The van der Waals surface area contributed by atoms with Crippen molar-refractivity contribution in [1.82, 2.24) is 0 Å². The summed E-state index contributed by atoms with van der Waals surface area (Å²) >= 11 is 0. The topological polar surface area (TPSA) is 63.6 Å². The summed E-state index contributed by atoms with van der Waals surface area (Å²) in [6, 6.07) is 7.32. The highest BCUT2D eigenvalue weighted by atomic mass is 32.2. The summed E-state index contributed by atoms with van der Waals surface area (Å²) < 4.78 is 34.8. The van der Waals surface area contributed by atoms with Gasteiger partial charge in [0.2, 0.25) is 0 Å². The summed E-state index contributed by atoms with van der Waals surface area (Å²) in [5.41, 5.74) is 0.856. The zero-order valence-electron chi connectivity index (χ0n) is 8.80. The minimum absolute atomic E-state index is 0.241. The Morgan fingerprint density at radius 1 is 1.38 bits per heavy atom. The van der Waals surface area contributed by atoms with E-state index in [-0.39, 0.29) is 18.8 Å². The lowest BCUT2D eigenvalue weighted by molar-refractivity contribution is 0.315. The SMILES string of the molecule is C=Cc1ccccc1OCCCS(=O)(=O)O. The van der Waals surface area contributed by atoms with E-state index in [9.17, 15) is 8.42 Å². The van der Waals surface area contributed by atoms with Crippen LogP contribution in [0.25, 0.3) is 6.08 Å². The van der Waals surface area contributed by atoms with E-state index in [4.69, 9.17) is 9.29 Å². The van der Waals surface area contributed by atoms with Gasteiger partial charge in [0, 0.05) is 5.56 Å². The molecule has 1 rings (SSSR count). The summed E-state index contributed by atoms with van der Waals surface area (Å²) in [5.74, 6) is 0.372. The van der Waals surface area contributed by atoms with Crippen LogP contribution in [-0.2, 0) is 10.1 Å². The average Bonchev–Trinajstić information content (AvgIpc) is 2.23. The van der Waals surface area contributed by atoms with Crippen molar-refractivity contribution in [3.8, 4) is 5.75 Å². The quantitative estimate of drug-likeness (QED) is 0.612. The lowest BCUT2D eigenvalue weighted by atomic mass is 10.2. The molecule has 0 heterocycles. The molecule has 0 aliphatic rings. The molecule has 0 bridgehead atoms. The third-order valence-corrected chi connectivity index (χ3v) is 2.75. The van der Waals surface area contributed by atoms with Crippen LogP contribution in [0.15, 0.2) is 30.8 Å². The second-order valence-corrected chi connectivity index (χ2v) is 4.80. The molecule has 0 fully saturated rings. The highest BCUT2D eigenvalue weighted by Crippen LogP contribution is 2.18. The monoisotopic (exact) mass is 242 g/mol. The van der Waals surface area contributed by atoms with Gasteiger partial charge in [-0.3, -0.25) is 4.55 Å². The molecule has 4 nitrogen and oxygen atoms in total. The Hall–Kier alpha value is -1.33. The Balaban J connectivity index is 2.46. The van der Waals surface area contributed by atoms with Crippen molar-refractivity contribution < 1.29 is 17.7 Å². The summed E-state index contributed by atoms with van der Waals surface area (Å²) in [5, 5.41) is 0. The Bertz CT molecular complexity index is 451. The van der Waals surface area contributed by atoms with Crippen molar-refractivity contribution in [1.29, 1.82) is 0 Å². The van der Waals surface area contributed by atoms with E-state index in [1.807, 2.05) is 18.2 Å². The average molecular weight is 242 g/mol. The van der Waals surface area contributed by atoms with Gasteiger partial charge in [-0.2, -0.15) is 8.42 Å². The summed E-state index contributed by atoms with van der Waals surface area (Å²) in [7, 11) is -3.89. The molecule has 0 aromatic heterocycles. The largest absolute Gasteiger partial charge is 0.493 e. The fourth-order valence-corrected chi connectivity index (χ4v) is 1.69. The first kappa shape index (κ1) is 12.7. The maximum atomic E-state index is 10.4. The number of hydrogen-bond donors (Lipinski definition) is 1. The van der Waals surface area contributed by atoms with E-state index in [2.05, 4.69) is 6.58 Å². The van der Waals surface area contributed by atoms with Gasteiger partial charge < -0.3 is 4.74 Å². The molecule has 0 unspecified atom stereocenters. The molecule has 16 heavy (non-hydrogen) atoms. The third kappa shape index (κ3) is 4.46. The highest BCUT2D eigenvalue weighted by molar-refractivity contribution is 7.85. The summed E-state index contributed by atoms with van der Waals surface area (Å²) in [4.78, 5) is 0. The van der Waals surface area contributed by atoms with Gasteiger partial charge in [0.05, 0.1) is 12.4 Å². The van der Waals surface area contributed by atoms with Crippen LogP contribution >= 0.6 is 0 Å². The van der Waals surface area contributed by atoms with Crippen LogP contribution in [0.5, 0.6) is 5.75 Å². The van der Waals surface area contributed by atoms with Gasteiger partial charge in [0.25, 0.3) is 10.1 Å². The van der Waals surface area contributed by atoms with E-state index in [1.165, 1.54) is 0 Å². The van der Waals surface area contributed by atoms with E-state index in [1.54, 1.807) is 12.1 Å². The maximum Gasteiger partial charge on any atom is 0.264 e. The van der Waals surface area contributed by atoms with Crippen molar-refractivity contribution in [3.05, 3.63) is 36.4 Å². The molecule has 0 amide bonds. The predicted molar refractivity (Wildman–Crippen MR) is 63.1 cm³/mol. The molecule has 0 spiro atoms. The normalized spacial score (nSPS) is 11.1. The van der Waals surface area contributed by atoms with E-state index < -0.39 is 10.1 Å². The minimum Gasteiger partial charge on any atom is -0.493 e. The van der Waals surface area contributed by atoms with Crippen molar-refractivity contribution in [2.24, 2.45) is 0 Å². The lowest BCUT2D eigenvalue weighted by Gasteiger charge is -2.08. The smallest absolute Gasteiger partial charge is 0.264 e. The van der Waals surface area contributed by atoms with Gasteiger partial charge in [-0.15, -0.1) is 0 Å². The summed E-state index contributed by atoms with van der Waals surface area (Å²) in [6.07, 6.45) is 1.92. The Morgan fingerprint density at radius 2 is 2.06 bits per heavy atom. The van der Waals surface area contributed by atoms with Crippen molar-refractivity contribution in [2.45, 2.75) is 6.42 Å². The zero-order valence-corrected chi connectivity index (χ0v) is 9.61. The molecule has 1 N–H and O–H groups in total. The lowest BCUT2D eigenvalue weighted by Crippen LogP contribution is -2.08. The predicted octanol–water partition coefficient (Wildman–Crippen LogP) is 1.99. The molecule has 1 aromatic carbocycles. The molecule has 0 saturated carbocycles. The van der Waals surface area contributed by atoms with Crippen LogP contribution in [0, 0.1) is 0 Å². The van der Waals surface area contributed by atoms with E-state index in [0.29, 0.717) is 5.75 Å². The van der Waals surface area contributed by atoms with Crippen molar-refractivity contribution in [2.75, 3.05) is 12.4 Å². The minimum atomic E-state index is -3.89. The molecular formula is C11H14O4S. The van der Waals surface area contributed by atoms with Gasteiger partial charge in [-0.1, -0.05) is 30.9 Å². The van der Waals surface area contributed by atoms with Gasteiger partial charge in [-0.05, 0) is 12.5 Å². The molecular weight excluding hydrogens is 228 g/mol. The molecule has 0 atom stereocenters. The Kier molecular flexibility index (Phi) is 4.52. The second kappa shape index (κ2) is 5.67. The third-order valence-electron chi connectivity index (χ3n) is 1.94. The number of hydrogen-bond acceptors (Lipinski definition) is 3. The van der Waals surface area contributed by atoms with E-state index >= 15 is 0 Å². The molecule has 0 aliphatic carbocycles. The van der Waals surface area contributed by atoms with E-state index in [0.717, 1.165) is 5.56 Å². The van der Waals surface area contributed by atoms with Crippen LogP contribution in [0.4, 0.5) is 0 Å². The number of para-hydroxylation sites is 1. The van der Waals surface area contributed by atoms with Crippen molar-refractivity contribution in [3.63, 3.8) is 0 Å². The van der Waals surface area contributed by atoms with Gasteiger partial charge >= 0.3 is 0 Å². The van der Waals surface area contributed by atoms with Crippen LogP contribution in [0.3, 0.4) is 0 Å². The van der Waals surface area contributed by atoms with Gasteiger partial charge in [0.1, 0.15) is 5.75 Å². The second-order valence-electron chi connectivity index (χ2n) is 3.23. The van der Waals surface area contributed by atoms with Crippen LogP contribution in [0.2, 0.25) is 0 Å². The highest BCUT2D eigenvalue weighted by Gasteiger charge is 2.04. The summed E-state index contributed by atoms with van der Waals surface area (Å²) in [6.45, 7) is 3.88. The first-order valence-corrected chi connectivity index (χ1v) is 6.43. The molecule has 0 saturated heterocycles. The number of ether oxygens (including phenoxy) is 1. The molecule has 0 aliphatic heterocycles. The molecule has 0 radical (unpaired) electrons. The van der Waals surface area contributed by atoms with Crippen molar-refractivity contribution >= 4 is 16.2 Å². The van der Waals surface area contributed by atoms with Crippen LogP contribution < -0.4 is 4.74 Å². The Labute approximate surface area is 95.3 Å². The van der Waals surface area contributed by atoms with Crippen LogP contribution in [0.1, 0.15) is 12.0 Å². The fourth-order valence-electron chi connectivity index (χ4n) is 1.20. The van der Waals surface area contributed by atoms with Gasteiger partial charge in [0.15, 0.2) is 0 Å². The Morgan fingerprint density at radius 3 is 2.69 bits per heavy atom. The molecule has 88 valence electrons. The standard InChI is InChI=1S/C11H14O4S/c1-2-10-6-3-4-7-11(10)15-8-5-9-16(12,13)14/h2-4,6-7H,1,5,8-9H2,(H,12,13,14). The number of rotatable bonds is 6. The first-order valence-electron chi connectivity index (χ1n) is 4.82. The number of benzene rings is 1.